The highest BCUT2D eigenvalue weighted by Gasteiger charge is 2.53. The minimum Gasteiger partial charge on any atom is -0.335 e. The highest BCUT2D eigenvalue weighted by Crippen LogP contribution is 2.40. The molecule has 2 unspecified atom stereocenters. The molecular weight excluding hydrogens is 202 g/mol. The Morgan fingerprint density at radius 1 is 0.938 bits per heavy atom. The van der Waals surface area contributed by atoms with Crippen LogP contribution in [0.15, 0.2) is 0 Å². The summed E-state index contributed by atoms with van der Waals surface area (Å²) in [6.07, 6.45) is 0. The van der Waals surface area contributed by atoms with Crippen molar-refractivity contribution in [2.24, 2.45) is 16.7 Å². The summed E-state index contributed by atoms with van der Waals surface area (Å²) in [5, 5.41) is 0. The van der Waals surface area contributed by atoms with Crippen LogP contribution >= 0.6 is 0 Å². The van der Waals surface area contributed by atoms with Crippen molar-refractivity contribution in [2.75, 3.05) is 7.05 Å². The zero-order chi connectivity index (χ0) is 12.9. The Kier molecular flexibility index (Phi) is 2.95. The molecule has 0 bridgehead atoms. The molecule has 1 aliphatic heterocycles. The molecule has 0 aliphatic carbocycles. The molecule has 0 spiro atoms. The molecule has 3 heteroatoms. The molecule has 2 atom stereocenters. The molecule has 1 rings (SSSR count). The Hall–Kier alpha value is -0.860. The number of amides is 1. The molecule has 0 aromatic heterocycles. The fourth-order valence-electron chi connectivity index (χ4n) is 2.61. The van der Waals surface area contributed by atoms with Crippen molar-refractivity contribution in [1.29, 1.82) is 0 Å². The van der Waals surface area contributed by atoms with Crippen molar-refractivity contribution < 1.29 is 9.59 Å². The van der Waals surface area contributed by atoms with E-state index in [9.17, 15) is 9.59 Å². The summed E-state index contributed by atoms with van der Waals surface area (Å²) < 4.78 is 0. The first-order valence-electron chi connectivity index (χ1n) is 5.78. The third-order valence-electron chi connectivity index (χ3n) is 3.22. The van der Waals surface area contributed by atoms with E-state index in [1.54, 1.807) is 11.9 Å². The minimum absolute atomic E-state index is 0.0302. The van der Waals surface area contributed by atoms with E-state index in [4.69, 9.17) is 0 Å². The van der Waals surface area contributed by atoms with Gasteiger partial charge in [0.25, 0.3) is 0 Å². The van der Waals surface area contributed by atoms with Gasteiger partial charge < -0.3 is 4.90 Å². The zero-order valence-corrected chi connectivity index (χ0v) is 11.4. The van der Waals surface area contributed by atoms with E-state index in [2.05, 4.69) is 0 Å². The third-order valence-corrected chi connectivity index (χ3v) is 3.22. The summed E-state index contributed by atoms with van der Waals surface area (Å²) in [6, 6.07) is -0.288. The van der Waals surface area contributed by atoms with Gasteiger partial charge in [-0.15, -0.1) is 0 Å². The summed E-state index contributed by atoms with van der Waals surface area (Å²) in [7, 11) is 1.74. The van der Waals surface area contributed by atoms with E-state index in [-0.39, 0.29) is 28.6 Å². The SMILES string of the molecule is CN1C(=O)C(C(C)(C)C)C(=O)C1C(C)(C)C. The number of carbonyl (C=O) groups excluding carboxylic acids is 2. The number of rotatable bonds is 0. The average molecular weight is 225 g/mol. The van der Waals surface area contributed by atoms with Gasteiger partial charge in [-0.25, -0.2) is 0 Å². The van der Waals surface area contributed by atoms with Crippen LogP contribution in [0.3, 0.4) is 0 Å². The Morgan fingerprint density at radius 3 is 1.56 bits per heavy atom. The van der Waals surface area contributed by atoms with Crippen LogP contribution in [0.2, 0.25) is 0 Å². The van der Waals surface area contributed by atoms with E-state index in [1.807, 2.05) is 41.5 Å². The van der Waals surface area contributed by atoms with Crippen molar-refractivity contribution in [2.45, 2.75) is 47.6 Å². The van der Waals surface area contributed by atoms with Gasteiger partial charge in [-0.3, -0.25) is 9.59 Å². The van der Waals surface area contributed by atoms with Crippen LogP contribution in [-0.4, -0.2) is 29.7 Å². The first-order chi connectivity index (χ1) is 6.98. The molecule has 1 amide bonds. The number of ketones is 1. The number of carbonyl (C=O) groups is 2. The van der Waals surface area contributed by atoms with Gasteiger partial charge in [0, 0.05) is 7.05 Å². The molecule has 16 heavy (non-hydrogen) atoms. The number of hydrogen-bond acceptors (Lipinski definition) is 2. The molecule has 1 fully saturated rings. The maximum atomic E-state index is 12.4. The van der Waals surface area contributed by atoms with E-state index in [0.717, 1.165) is 0 Å². The van der Waals surface area contributed by atoms with Gasteiger partial charge in [0.15, 0.2) is 5.78 Å². The Labute approximate surface area is 98.2 Å². The summed E-state index contributed by atoms with van der Waals surface area (Å²) in [6.45, 7) is 11.9. The second kappa shape index (κ2) is 3.57. The predicted molar refractivity (Wildman–Crippen MR) is 64.0 cm³/mol. The Bertz CT molecular complexity index is 320. The summed E-state index contributed by atoms with van der Waals surface area (Å²) >= 11 is 0. The topological polar surface area (TPSA) is 37.4 Å². The second-order valence-electron chi connectivity index (χ2n) is 6.92. The smallest absolute Gasteiger partial charge is 0.234 e. The first-order valence-corrected chi connectivity index (χ1v) is 5.78. The molecule has 0 radical (unpaired) electrons. The summed E-state index contributed by atoms with van der Waals surface area (Å²) in [5.41, 5.74) is -0.482. The Balaban J connectivity index is 3.15. The van der Waals surface area contributed by atoms with Crippen LogP contribution in [0.25, 0.3) is 0 Å². The maximum absolute atomic E-state index is 12.4. The van der Waals surface area contributed by atoms with Gasteiger partial charge in [-0.05, 0) is 10.8 Å². The highest BCUT2D eigenvalue weighted by atomic mass is 16.2. The molecule has 0 N–H and O–H groups in total. The molecule has 3 nitrogen and oxygen atoms in total. The normalized spacial score (nSPS) is 27.8. The lowest BCUT2D eigenvalue weighted by Crippen LogP contribution is -2.42. The molecule has 0 aromatic rings. The van der Waals surface area contributed by atoms with E-state index in [1.165, 1.54) is 0 Å². The van der Waals surface area contributed by atoms with Crippen LogP contribution < -0.4 is 0 Å². The number of nitrogens with zero attached hydrogens (tertiary/aromatic N) is 1. The lowest BCUT2D eigenvalue weighted by Gasteiger charge is -2.31. The molecule has 1 aliphatic rings. The lowest BCUT2D eigenvalue weighted by molar-refractivity contribution is -0.135. The van der Waals surface area contributed by atoms with Gasteiger partial charge in [0.1, 0.15) is 5.92 Å². The molecule has 0 saturated carbocycles. The first kappa shape index (κ1) is 13.2. The van der Waals surface area contributed by atoms with Crippen LogP contribution in [0.5, 0.6) is 0 Å². The number of likely N-dealkylation sites (tertiary alicyclic amines) is 1. The maximum Gasteiger partial charge on any atom is 0.234 e. The standard InChI is InChI=1S/C13H23NO2/c1-12(2,3)8-9(15)10(13(4,5)6)14(7)11(8)16/h8,10H,1-7H3. The predicted octanol–water partition coefficient (Wildman–Crippen LogP) is 2.10. The second-order valence-corrected chi connectivity index (χ2v) is 6.92. The molecular formula is C13H23NO2. The fourth-order valence-corrected chi connectivity index (χ4v) is 2.61. The minimum atomic E-state index is -0.485. The number of hydrogen-bond donors (Lipinski definition) is 0. The van der Waals surface area contributed by atoms with Gasteiger partial charge in [-0.2, -0.15) is 0 Å². The van der Waals surface area contributed by atoms with Crippen molar-refractivity contribution in [3.63, 3.8) is 0 Å². The van der Waals surface area contributed by atoms with E-state index >= 15 is 0 Å². The van der Waals surface area contributed by atoms with Crippen molar-refractivity contribution in [1.82, 2.24) is 4.90 Å². The van der Waals surface area contributed by atoms with Crippen LogP contribution in [0.4, 0.5) is 0 Å². The number of likely N-dealkylation sites (N-methyl/N-ethyl adjacent to an activating group) is 1. The van der Waals surface area contributed by atoms with Crippen molar-refractivity contribution >= 4 is 11.7 Å². The number of Topliss-reactive ketones (excluding diaryl/α,β-unsaturated/α-hetero) is 1. The van der Waals surface area contributed by atoms with Crippen molar-refractivity contribution in [3.8, 4) is 0 Å². The van der Waals surface area contributed by atoms with Gasteiger partial charge in [0.2, 0.25) is 5.91 Å². The fraction of sp³-hybridized carbons (Fsp3) is 0.846. The van der Waals surface area contributed by atoms with Gasteiger partial charge in [-0.1, -0.05) is 41.5 Å². The third kappa shape index (κ3) is 2.00. The van der Waals surface area contributed by atoms with Crippen LogP contribution in [0.1, 0.15) is 41.5 Å². The molecule has 92 valence electrons. The molecule has 1 heterocycles. The van der Waals surface area contributed by atoms with Crippen LogP contribution in [-0.2, 0) is 9.59 Å². The molecule has 1 saturated heterocycles. The average Bonchev–Trinajstić information content (AvgIpc) is 2.19. The quantitative estimate of drug-likeness (QED) is 0.592. The van der Waals surface area contributed by atoms with Gasteiger partial charge >= 0.3 is 0 Å². The highest BCUT2D eigenvalue weighted by molar-refractivity contribution is 6.11. The lowest BCUT2D eigenvalue weighted by atomic mass is 9.75. The Morgan fingerprint density at radius 2 is 1.38 bits per heavy atom. The van der Waals surface area contributed by atoms with E-state index < -0.39 is 5.92 Å². The summed E-state index contributed by atoms with van der Waals surface area (Å²) in [4.78, 5) is 26.1. The summed E-state index contributed by atoms with van der Waals surface area (Å²) in [5.74, 6) is -0.438. The monoisotopic (exact) mass is 225 g/mol. The zero-order valence-electron chi connectivity index (χ0n) is 11.4. The van der Waals surface area contributed by atoms with Crippen molar-refractivity contribution in [3.05, 3.63) is 0 Å². The van der Waals surface area contributed by atoms with Gasteiger partial charge in [0.05, 0.1) is 6.04 Å². The largest absolute Gasteiger partial charge is 0.335 e. The van der Waals surface area contributed by atoms with E-state index in [0.29, 0.717) is 0 Å². The van der Waals surface area contributed by atoms with Crippen LogP contribution in [0, 0.1) is 16.7 Å². The molecule has 0 aromatic carbocycles.